The van der Waals surface area contributed by atoms with Crippen LogP contribution >= 0.6 is 11.8 Å². The average Bonchev–Trinajstić information content (AvgIpc) is 3.10. The Morgan fingerprint density at radius 2 is 2.00 bits per heavy atom. The fourth-order valence-electron chi connectivity index (χ4n) is 2.67. The molecule has 0 spiro atoms. The SMILES string of the molecule is COc1cccc(CNC(=O)CSc2nnc(-c3cccc(F)c3)n2N)c1OC. The second kappa shape index (κ2) is 9.28. The van der Waals surface area contributed by atoms with Crippen LogP contribution in [0.5, 0.6) is 11.5 Å². The number of nitrogens with zero attached hydrogens (tertiary/aromatic N) is 3. The first-order valence-electron chi connectivity index (χ1n) is 8.59. The molecule has 2 aromatic carbocycles. The summed E-state index contributed by atoms with van der Waals surface area (Å²) in [5.41, 5.74) is 1.29. The highest BCUT2D eigenvalue weighted by molar-refractivity contribution is 7.99. The van der Waals surface area contributed by atoms with Crippen LogP contribution in [0.4, 0.5) is 4.39 Å². The molecule has 3 aromatic rings. The summed E-state index contributed by atoms with van der Waals surface area (Å²) in [6.45, 7) is 0.281. The highest BCUT2D eigenvalue weighted by atomic mass is 32.2. The summed E-state index contributed by atoms with van der Waals surface area (Å²) in [6.07, 6.45) is 0. The van der Waals surface area contributed by atoms with Gasteiger partial charge in [-0.3, -0.25) is 4.79 Å². The summed E-state index contributed by atoms with van der Waals surface area (Å²) >= 11 is 1.13. The molecule has 0 aliphatic rings. The molecule has 1 aromatic heterocycles. The van der Waals surface area contributed by atoms with E-state index >= 15 is 0 Å². The Balaban J connectivity index is 1.59. The number of nitrogen functional groups attached to an aromatic ring is 1. The van der Waals surface area contributed by atoms with E-state index in [2.05, 4.69) is 15.5 Å². The summed E-state index contributed by atoms with van der Waals surface area (Å²) in [5, 5.41) is 11.1. The predicted octanol–water partition coefficient (Wildman–Crippen LogP) is 2.22. The van der Waals surface area contributed by atoms with Crippen molar-refractivity contribution in [2.75, 3.05) is 25.8 Å². The van der Waals surface area contributed by atoms with Gasteiger partial charge in [0.15, 0.2) is 17.3 Å². The summed E-state index contributed by atoms with van der Waals surface area (Å²) in [6, 6.07) is 11.3. The lowest BCUT2D eigenvalue weighted by Crippen LogP contribution is -2.25. The van der Waals surface area contributed by atoms with E-state index in [1.165, 1.54) is 16.8 Å². The second-order valence-corrected chi connectivity index (χ2v) is 6.85. The number of amides is 1. The van der Waals surface area contributed by atoms with Crippen LogP contribution in [0.2, 0.25) is 0 Å². The third kappa shape index (κ3) is 4.77. The lowest BCUT2D eigenvalue weighted by atomic mass is 10.2. The Hall–Kier alpha value is -3.27. The molecule has 8 nitrogen and oxygen atoms in total. The lowest BCUT2D eigenvalue weighted by Gasteiger charge is -2.13. The first-order valence-corrected chi connectivity index (χ1v) is 9.57. The molecule has 0 bridgehead atoms. The molecule has 0 saturated carbocycles. The van der Waals surface area contributed by atoms with Crippen molar-refractivity contribution in [2.24, 2.45) is 0 Å². The number of carbonyl (C=O) groups is 1. The van der Waals surface area contributed by atoms with Gasteiger partial charge < -0.3 is 20.6 Å². The van der Waals surface area contributed by atoms with Gasteiger partial charge in [-0.15, -0.1) is 10.2 Å². The first kappa shape index (κ1) is 20.5. The van der Waals surface area contributed by atoms with Gasteiger partial charge in [0.2, 0.25) is 11.1 Å². The Labute approximate surface area is 171 Å². The Kier molecular flexibility index (Phi) is 6.55. The van der Waals surface area contributed by atoms with Gasteiger partial charge in [-0.05, 0) is 18.2 Å². The number of methoxy groups -OCH3 is 2. The molecule has 0 fully saturated rings. The number of aromatic nitrogens is 3. The van der Waals surface area contributed by atoms with E-state index < -0.39 is 5.82 Å². The van der Waals surface area contributed by atoms with Gasteiger partial charge >= 0.3 is 0 Å². The monoisotopic (exact) mass is 417 g/mol. The first-order chi connectivity index (χ1) is 14.0. The van der Waals surface area contributed by atoms with E-state index in [0.29, 0.717) is 28.0 Å². The smallest absolute Gasteiger partial charge is 0.230 e. The van der Waals surface area contributed by atoms with E-state index in [9.17, 15) is 9.18 Å². The molecule has 0 atom stereocenters. The van der Waals surface area contributed by atoms with Crippen molar-refractivity contribution in [2.45, 2.75) is 11.7 Å². The number of nitrogens with one attached hydrogen (secondary N) is 1. The van der Waals surface area contributed by atoms with Gasteiger partial charge in [0, 0.05) is 17.7 Å². The molecule has 0 saturated heterocycles. The molecule has 0 aliphatic carbocycles. The van der Waals surface area contributed by atoms with Crippen LogP contribution in [0.3, 0.4) is 0 Å². The average molecular weight is 417 g/mol. The van der Waals surface area contributed by atoms with Crippen LogP contribution < -0.4 is 20.6 Å². The van der Waals surface area contributed by atoms with Crippen molar-refractivity contribution in [3.05, 3.63) is 53.8 Å². The number of carbonyl (C=O) groups excluding carboxylic acids is 1. The predicted molar refractivity (Wildman–Crippen MR) is 108 cm³/mol. The summed E-state index contributed by atoms with van der Waals surface area (Å²) in [4.78, 5) is 12.2. The topological polar surface area (TPSA) is 104 Å². The Bertz CT molecular complexity index is 1010. The van der Waals surface area contributed by atoms with E-state index in [4.69, 9.17) is 15.3 Å². The number of rotatable bonds is 8. The fourth-order valence-corrected chi connectivity index (χ4v) is 3.35. The van der Waals surface area contributed by atoms with Crippen molar-refractivity contribution in [1.29, 1.82) is 0 Å². The molecule has 152 valence electrons. The van der Waals surface area contributed by atoms with Gasteiger partial charge in [0.05, 0.1) is 20.0 Å². The zero-order valence-electron chi connectivity index (χ0n) is 15.9. The van der Waals surface area contributed by atoms with E-state index in [-0.39, 0.29) is 18.2 Å². The van der Waals surface area contributed by atoms with Gasteiger partial charge in [-0.1, -0.05) is 36.0 Å². The lowest BCUT2D eigenvalue weighted by molar-refractivity contribution is -0.118. The van der Waals surface area contributed by atoms with Crippen molar-refractivity contribution in [3.63, 3.8) is 0 Å². The number of hydrogen-bond acceptors (Lipinski definition) is 7. The van der Waals surface area contributed by atoms with Gasteiger partial charge in [0.25, 0.3) is 0 Å². The summed E-state index contributed by atoms with van der Waals surface area (Å²) in [5.74, 6) is 6.95. The van der Waals surface area contributed by atoms with Gasteiger partial charge in [-0.25, -0.2) is 9.07 Å². The molecule has 29 heavy (non-hydrogen) atoms. The third-order valence-corrected chi connectivity index (χ3v) is 4.98. The normalized spacial score (nSPS) is 10.6. The number of thioether (sulfide) groups is 1. The maximum atomic E-state index is 13.4. The van der Waals surface area contributed by atoms with Crippen molar-refractivity contribution in [1.82, 2.24) is 20.2 Å². The number of halogens is 1. The van der Waals surface area contributed by atoms with Crippen LogP contribution in [-0.4, -0.2) is 40.8 Å². The quantitative estimate of drug-likeness (QED) is 0.428. The minimum Gasteiger partial charge on any atom is -0.493 e. The third-order valence-electron chi connectivity index (χ3n) is 4.04. The molecule has 0 aliphatic heterocycles. The number of hydrogen-bond donors (Lipinski definition) is 2. The maximum absolute atomic E-state index is 13.4. The number of nitrogens with two attached hydrogens (primary N) is 1. The standard InChI is InChI=1S/C19H20FN5O3S/c1-27-15-8-4-6-13(17(15)28-2)10-22-16(26)11-29-19-24-23-18(25(19)21)12-5-3-7-14(20)9-12/h3-9H,10-11,21H2,1-2H3,(H,22,26). The molecule has 0 unspecified atom stereocenters. The number of ether oxygens (including phenoxy) is 2. The summed E-state index contributed by atoms with van der Waals surface area (Å²) in [7, 11) is 3.10. The van der Waals surface area contributed by atoms with Crippen molar-refractivity contribution in [3.8, 4) is 22.9 Å². The van der Waals surface area contributed by atoms with E-state index in [1.54, 1.807) is 32.4 Å². The fraction of sp³-hybridized carbons (Fsp3) is 0.211. The summed E-state index contributed by atoms with van der Waals surface area (Å²) < 4.78 is 25.2. The van der Waals surface area contributed by atoms with E-state index in [1.807, 2.05) is 12.1 Å². The van der Waals surface area contributed by atoms with Gasteiger partial charge in [0.1, 0.15) is 5.82 Å². The van der Waals surface area contributed by atoms with Crippen molar-refractivity contribution < 1.29 is 18.7 Å². The molecule has 3 N–H and O–H groups in total. The van der Waals surface area contributed by atoms with Crippen LogP contribution in [0.1, 0.15) is 5.56 Å². The molecule has 3 rings (SSSR count). The van der Waals surface area contributed by atoms with Crippen LogP contribution in [0.15, 0.2) is 47.6 Å². The van der Waals surface area contributed by atoms with Crippen LogP contribution in [0.25, 0.3) is 11.4 Å². The zero-order chi connectivity index (χ0) is 20.8. The van der Waals surface area contributed by atoms with Crippen molar-refractivity contribution >= 4 is 17.7 Å². The molecule has 1 amide bonds. The van der Waals surface area contributed by atoms with Gasteiger partial charge in [-0.2, -0.15) is 0 Å². The largest absolute Gasteiger partial charge is 0.493 e. The Morgan fingerprint density at radius 1 is 1.21 bits per heavy atom. The minimum atomic E-state index is -0.396. The number of para-hydroxylation sites is 1. The maximum Gasteiger partial charge on any atom is 0.230 e. The molecule has 1 heterocycles. The Morgan fingerprint density at radius 3 is 2.72 bits per heavy atom. The molecular formula is C19H20FN5O3S. The van der Waals surface area contributed by atoms with Crippen LogP contribution in [0, 0.1) is 5.82 Å². The highest BCUT2D eigenvalue weighted by Gasteiger charge is 2.15. The van der Waals surface area contributed by atoms with E-state index in [0.717, 1.165) is 17.3 Å². The highest BCUT2D eigenvalue weighted by Crippen LogP contribution is 2.30. The minimum absolute atomic E-state index is 0.0881. The molecular weight excluding hydrogens is 397 g/mol. The number of benzene rings is 2. The second-order valence-electron chi connectivity index (χ2n) is 5.90. The van der Waals surface area contributed by atoms with Crippen LogP contribution in [-0.2, 0) is 11.3 Å². The zero-order valence-corrected chi connectivity index (χ0v) is 16.7. The molecule has 10 heteroatoms. The molecule has 0 radical (unpaired) electrons.